The number of nitrogens with zero attached hydrogens (tertiary/aromatic N) is 3. The van der Waals surface area contributed by atoms with Crippen LogP contribution >= 0.6 is 23.2 Å². The van der Waals surface area contributed by atoms with Crippen LogP contribution in [0.25, 0.3) is 5.69 Å². The fourth-order valence-corrected chi connectivity index (χ4v) is 1.86. The Hall–Kier alpha value is -1.20. The number of halogens is 4. The Morgan fingerprint density at radius 2 is 1.88 bits per heavy atom. The smallest absolute Gasteiger partial charge is 0.229 e. The number of benzene rings is 1. The SMILES string of the molecule is Cc1nnc(Cl)n1-c1c(F)cc(F)cc1Cl. The van der Waals surface area contributed by atoms with Crippen molar-refractivity contribution in [2.45, 2.75) is 6.92 Å². The molecule has 2 rings (SSSR count). The lowest BCUT2D eigenvalue weighted by Crippen LogP contribution is -2.02. The zero-order chi connectivity index (χ0) is 11.9. The van der Waals surface area contributed by atoms with Gasteiger partial charge in [-0.2, -0.15) is 0 Å². The highest BCUT2D eigenvalue weighted by Crippen LogP contribution is 2.28. The summed E-state index contributed by atoms with van der Waals surface area (Å²) in [6.07, 6.45) is 0. The summed E-state index contributed by atoms with van der Waals surface area (Å²) < 4.78 is 27.6. The van der Waals surface area contributed by atoms with Gasteiger partial charge in [-0.15, -0.1) is 10.2 Å². The topological polar surface area (TPSA) is 30.7 Å². The summed E-state index contributed by atoms with van der Waals surface area (Å²) in [4.78, 5) is 0. The van der Waals surface area contributed by atoms with Crippen LogP contribution in [-0.2, 0) is 0 Å². The van der Waals surface area contributed by atoms with Gasteiger partial charge < -0.3 is 0 Å². The van der Waals surface area contributed by atoms with Gasteiger partial charge in [0.25, 0.3) is 0 Å². The highest BCUT2D eigenvalue weighted by Gasteiger charge is 2.17. The van der Waals surface area contributed by atoms with E-state index in [1.807, 2.05) is 0 Å². The molecule has 2 aromatic rings. The molecule has 1 aromatic heterocycles. The van der Waals surface area contributed by atoms with Crippen molar-refractivity contribution in [3.8, 4) is 5.69 Å². The Morgan fingerprint density at radius 1 is 1.19 bits per heavy atom. The lowest BCUT2D eigenvalue weighted by Gasteiger charge is -2.08. The molecule has 0 saturated heterocycles. The van der Waals surface area contributed by atoms with Crippen LogP contribution in [0.4, 0.5) is 8.78 Å². The molecule has 0 bridgehead atoms. The van der Waals surface area contributed by atoms with E-state index in [9.17, 15) is 8.78 Å². The molecule has 0 saturated carbocycles. The van der Waals surface area contributed by atoms with E-state index in [4.69, 9.17) is 23.2 Å². The van der Waals surface area contributed by atoms with Gasteiger partial charge in [-0.1, -0.05) is 11.6 Å². The number of aromatic nitrogens is 3. The summed E-state index contributed by atoms with van der Waals surface area (Å²) in [5, 5.41) is 7.08. The molecular formula is C9H5Cl2F2N3. The van der Waals surface area contributed by atoms with Crippen LogP contribution in [0.5, 0.6) is 0 Å². The summed E-state index contributed by atoms with van der Waals surface area (Å²) in [6, 6.07) is 1.72. The van der Waals surface area contributed by atoms with Crippen LogP contribution in [0.3, 0.4) is 0 Å². The molecule has 16 heavy (non-hydrogen) atoms. The molecule has 0 aliphatic carbocycles. The number of aryl methyl sites for hydroxylation is 1. The van der Waals surface area contributed by atoms with E-state index in [1.54, 1.807) is 6.92 Å². The first-order chi connectivity index (χ1) is 7.50. The minimum absolute atomic E-state index is 0.0371. The van der Waals surface area contributed by atoms with E-state index in [0.29, 0.717) is 5.82 Å². The van der Waals surface area contributed by atoms with Crippen LogP contribution in [0.15, 0.2) is 12.1 Å². The third kappa shape index (κ3) is 1.76. The molecule has 0 amide bonds. The molecule has 7 heteroatoms. The van der Waals surface area contributed by atoms with Crippen molar-refractivity contribution in [2.24, 2.45) is 0 Å². The zero-order valence-corrected chi connectivity index (χ0v) is 9.52. The van der Waals surface area contributed by atoms with E-state index in [0.717, 1.165) is 12.1 Å². The molecule has 0 N–H and O–H groups in total. The van der Waals surface area contributed by atoms with Crippen LogP contribution in [0.1, 0.15) is 5.82 Å². The second kappa shape index (κ2) is 3.99. The van der Waals surface area contributed by atoms with Gasteiger partial charge in [0, 0.05) is 6.07 Å². The van der Waals surface area contributed by atoms with Crippen molar-refractivity contribution < 1.29 is 8.78 Å². The van der Waals surface area contributed by atoms with E-state index in [-0.39, 0.29) is 16.0 Å². The van der Waals surface area contributed by atoms with Crippen LogP contribution < -0.4 is 0 Å². The van der Waals surface area contributed by atoms with Gasteiger partial charge in [0.15, 0.2) is 5.82 Å². The molecule has 3 nitrogen and oxygen atoms in total. The molecule has 0 aliphatic rings. The third-order valence-corrected chi connectivity index (χ3v) is 2.52. The maximum atomic E-state index is 13.6. The maximum Gasteiger partial charge on any atom is 0.229 e. The predicted octanol–water partition coefficient (Wildman–Crippen LogP) is 3.16. The van der Waals surface area contributed by atoms with E-state index in [1.165, 1.54) is 4.57 Å². The monoisotopic (exact) mass is 263 g/mol. The number of hydrogen-bond donors (Lipinski definition) is 0. The average molecular weight is 264 g/mol. The second-order valence-electron chi connectivity index (χ2n) is 3.07. The van der Waals surface area contributed by atoms with Gasteiger partial charge >= 0.3 is 0 Å². The minimum Gasteiger partial charge on any atom is -0.265 e. The maximum absolute atomic E-state index is 13.6. The van der Waals surface area contributed by atoms with Crippen molar-refractivity contribution in [3.63, 3.8) is 0 Å². The molecule has 0 spiro atoms. The largest absolute Gasteiger partial charge is 0.265 e. The molecule has 0 atom stereocenters. The van der Waals surface area contributed by atoms with Gasteiger partial charge in [0.05, 0.1) is 5.02 Å². The zero-order valence-electron chi connectivity index (χ0n) is 8.01. The lowest BCUT2D eigenvalue weighted by molar-refractivity contribution is 0.577. The highest BCUT2D eigenvalue weighted by atomic mass is 35.5. The molecule has 84 valence electrons. The van der Waals surface area contributed by atoms with Crippen molar-refractivity contribution in [3.05, 3.63) is 39.9 Å². The summed E-state index contributed by atoms with van der Waals surface area (Å²) in [7, 11) is 0. The highest BCUT2D eigenvalue weighted by molar-refractivity contribution is 6.33. The van der Waals surface area contributed by atoms with Gasteiger partial charge in [0.2, 0.25) is 5.28 Å². The van der Waals surface area contributed by atoms with Crippen molar-refractivity contribution in [1.82, 2.24) is 14.8 Å². The summed E-state index contributed by atoms with van der Waals surface area (Å²) in [6.45, 7) is 1.58. The predicted molar refractivity (Wildman–Crippen MR) is 56.0 cm³/mol. The molecule has 1 aromatic carbocycles. The first-order valence-corrected chi connectivity index (χ1v) is 4.98. The molecule has 0 fully saturated rings. The summed E-state index contributed by atoms with van der Waals surface area (Å²) in [5.74, 6) is -1.22. The Labute approximate surface area is 99.6 Å². The van der Waals surface area contributed by atoms with Gasteiger partial charge in [0.1, 0.15) is 17.3 Å². The van der Waals surface area contributed by atoms with Crippen molar-refractivity contribution in [1.29, 1.82) is 0 Å². The van der Waals surface area contributed by atoms with Gasteiger partial charge in [-0.05, 0) is 24.6 Å². The lowest BCUT2D eigenvalue weighted by atomic mass is 10.3. The third-order valence-electron chi connectivity index (χ3n) is 1.99. The quantitative estimate of drug-likeness (QED) is 0.792. The van der Waals surface area contributed by atoms with Crippen molar-refractivity contribution in [2.75, 3.05) is 0 Å². The van der Waals surface area contributed by atoms with E-state index in [2.05, 4.69) is 10.2 Å². The van der Waals surface area contributed by atoms with E-state index >= 15 is 0 Å². The standard InChI is InChI=1S/C9H5Cl2F2N3/c1-4-14-15-9(11)16(4)8-6(10)2-5(12)3-7(8)13/h2-3H,1H3. The number of hydrogen-bond acceptors (Lipinski definition) is 2. The molecule has 1 heterocycles. The van der Waals surface area contributed by atoms with Crippen LogP contribution in [-0.4, -0.2) is 14.8 Å². The summed E-state index contributed by atoms with van der Waals surface area (Å²) >= 11 is 11.5. The fraction of sp³-hybridized carbons (Fsp3) is 0.111. The Balaban J connectivity index is 2.74. The fourth-order valence-electron chi connectivity index (χ4n) is 1.34. The Bertz CT molecular complexity index is 511. The second-order valence-corrected chi connectivity index (χ2v) is 3.81. The first kappa shape index (κ1) is 11.3. The van der Waals surface area contributed by atoms with Crippen LogP contribution in [0.2, 0.25) is 10.3 Å². The summed E-state index contributed by atoms with van der Waals surface area (Å²) in [5.41, 5.74) is -0.0597. The molecule has 0 radical (unpaired) electrons. The van der Waals surface area contributed by atoms with Gasteiger partial charge in [-0.25, -0.2) is 8.78 Å². The Kier molecular flexibility index (Phi) is 2.82. The molecule has 0 unspecified atom stereocenters. The van der Waals surface area contributed by atoms with Crippen LogP contribution in [0, 0.1) is 18.6 Å². The molecular weight excluding hydrogens is 259 g/mol. The average Bonchev–Trinajstić information content (AvgIpc) is 2.47. The number of rotatable bonds is 1. The van der Waals surface area contributed by atoms with Crippen molar-refractivity contribution >= 4 is 23.2 Å². The normalized spacial score (nSPS) is 10.8. The van der Waals surface area contributed by atoms with E-state index < -0.39 is 11.6 Å². The molecule has 0 aliphatic heterocycles. The minimum atomic E-state index is -0.824. The first-order valence-electron chi connectivity index (χ1n) is 4.23. The van der Waals surface area contributed by atoms with Gasteiger partial charge in [-0.3, -0.25) is 4.57 Å². The Morgan fingerprint density at radius 3 is 2.38 bits per heavy atom.